The molecule has 2 heterocycles. The number of rotatable bonds is 6. The summed E-state index contributed by atoms with van der Waals surface area (Å²) in [7, 11) is 4.68. The molecule has 1 aliphatic heterocycles. The van der Waals surface area contributed by atoms with Gasteiger partial charge in [0.1, 0.15) is 0 Å². The minimum Gasteiger partial charge on any atom is -0.493 e. The number of ether oxygens (including phenoxy) is 3. The van der Waals surface area contributed by atoms with Gasteiger partial charge in [-0.1, -0.05) is 65.4 Å². The Morgan fingerprint density at radius 3 is 2.22 bits per heavy atom. The van der Waals surface area contributed by atoms with Crippen LogP contribution in [0.5, 0.6) is 17.2 Å². The van der Waals surface area contributed by atoms with Gasteiger partial charge in [-0.2, -0.15) is 0 Å². The van der Waals surface area contributed by atoms with Crippen LogP contribution in [0, 0.1) is 0 Å². The summed E-state index contributed by atoms with van der Waals surface area (Å²) in [6.45, 7) is 0. The molecule has 0 bridgehead atoms. The fourth-order valence-electron chi connectivity index (χ4n) is 4.19. The fraction of sp³-hybridized carbons (Fsp3) is 0.143. The first kappa shape index (κ1) is 23.9. The molecule has 36 heavy (non-hydrogen) atoms. The van der Waals surface area contributed by atoms with Crippen LogP contribution in [0.15, 0.2) is 82.6 Å². The number of halogens is 1. The predicted molar refractivity (Wildman–Crippen MR) is 143 cm³/mol. The molecular formula is C28H23ClN2O4S. The van der Waals surface area contributed by atoms with E-state index < -0.39 is 0 Å². The molecule has 0 fully saturated rings. The smallest absolute Gasteiger partial charge is 0.271 e. The zero-order chi connectivity index (χ0) is 25.2. The first-order chi connectivity index (χ1) is 17.5. The zero-order valence-electron chi connectivity index (χ0n) is 19.9. The van der Waals surface area contributed by atoms with Gasteiger partial charge in [0.2, 0.25) is 5.75 Å². The maximum atomic E-state index is 13.7. The molecule has 8 heteroatoms. The summed E-state index contributed by atoms with van der Waals surface area (Å²) >= 11 is 7.48. The molecule has 3 aromatic carbocycles. The Bertz CT molecular complexity index is 1600. The number of methoxy groups -OCH3 is 3. The number of allylic oxidation sites excluding steroid dienone is 1. The van der Waals surface area contributed by atoms with Crippen molar-refractivity contribution in [2.75, 3.05) is 21.3 Å². The molecule has 1 unspecified atom stereocenters. The van der Waals surface area contributed by atoms with Gasteiger partial charge in [0.15, 0.2) is 16.3 Å². The zero-order valence-corrected chi connectivity index (χ0v) is 21.5. The van der Waals surface area contributed by atoms with Crippen LogP contribution in [0.1, 0.15) is 22.7 Å². The van der Waals surface area contributed by atoms with E-state index in [1.54, 1.807) is 25.9 Å². The second kappa shape index (κ2) is 10.0. The average molecular weight is 519 g/mol. The van der Waals surface area contributed by atoms with E-state index in [-0.39, 0.29) is 11.6 Å². The molecule has 5 rings (SSSR count). The number of hydrogen-bond acceptors (Lipinski definition) is 6. The third kappa shape index (κ3) is 4.43. The van der Waals surface area contributed by atoms with Gasteiger partial charge in [-0.25, -0.2) is 4.99 Å². The molecule has 1 aliphatic rings. The number of hydrogen-bond donors (Lipinski definition) is 0. The van der Waals surface area contributed by atoms with Crippen molar-refractivity contribution in [3.8, 4) is 17.2 Å². The highest BCUT2D eigenvalue weighted by atomic mass is 35.5. The minimum atomic E-state index is -0.323. The first-order valence-corrected chi connectivity index (χ1v) is 12.4. The fourth-order valence-corrected chi connectivity index (χ4v) is 5.33. The van der Waals surface area contributed by atoms with Gasteiger partial charge in [0.05, 0.1) is 37.6 Å². The predicted octanol–water partition coefficient (Wildman–Crippen LogP) is 4.68. The van der Waals surface area contributed by atoms with Gasteiger partial charge in [-0.15, -0.1) is 0 Å². The normalized spacial score (nSPS) is 15.1. The quantitative estimate of drug-likeness (QED) is 0.372. The summed E-state index contributed by atoms with van der Waals surface area (Å²) < 4.78 is 18.6. The molecule has 6 nitrogen and oxygen atoms in total. The Kier molecular flexibility index (Phi) is 6.67. The highest BCUT2D eigenvalue weighted by molar-refractivity contribution is 7.07. The van der Waals surface area contributed by atoms with Crippen LogP contribution < -0.4 is 29.1 Å². The van der Waals surface area contributed by atoms with E-state index in [9.17, 15) is 4.79 Å². The minimum absolute atomic E-state index is 0.129. The summed E-state index contributed by atoms with van der Waals surface area (Å²) in [5.74, 6) is 1.52. The van der Waals surface area contributed by atoms with E-state index in [1.165, 1.54) is 11.3 Å². The van der Waals surface area contributed by atoms with Gasteiger partial charge in [-0.3, -0.25) is 9.36 Å². The lowest BCUT2D eigenvalue weighted by Gasteiger charge is -2.19. The summed E-state index contributed by atoms with van der Waals surface area (Å²) in [6.07, 6.45) is 3.84. The molecule has 4 aromatic rings. The first-order valence-electron chi connectivity index (χ1n) is 11.2. The van der Waals surface area contributed by atoms with Gasteiger partial charge in [0.25, 0.3) is 5.56 Å². The van der Waals surface area contributed by atoms with E-state index in [0.717, 1.165) is 22.4 Å². The van der Waals surface area contributed by atoms with Crippen molar-refractivity contribution in [2.45, 2.75) is 6.04 Å². The number of thiazole rings is 1. The molecule has 182 valence electrons. The molecule has 0 saturated carbocycles. The lowest BCUT2D eigenvalue weighted by Crippen LogP contribution is -2.36. The Morgan fingerprint density at radius 2 is 1.61 bits per heavy atom. The van der Waals surface area contributed by atoms with Gasteiger partial charge >= 0.3 is 0 Å². The third-order valence-electron chi connectivity index (χ3n) is 5.91. The van der Waals surface area contributed by atoms with E-state index in [0.29, 0.717) is 31.6 Å². The Balaban J connectivity index is 1.71. The molecule has 0 radical (unpaired) electrons. The molecular weight excluding hydrogens is 496 g/mol. The standard InChI is InChI=1S/C28H23ClN2O4S/c1-33-23-13-17(14-24(34-2)26(23)35-3)15-25-27(32)31-22(19-9-11-20(29)12-10-19)16-21(30-28(31)36-25)18-7-5-4-6-8-18/h4-16,22H,1-3H3. The SMILES string of the molecule is COc1cc(C=c2sc3n(c2=O)C(c2ccc(Cl)cc2)C=C(c2ccccc2)N=3)cc(OC)c1OC. The van der Waals surface area contributed by atoms with Crippen molar-refractivity contribution >= 4 is 34.7 Å². The highest BCUT2D eigenvalue weighted by Gasteiger charge is 2.22. The largest absolute Gasteiger partial charge is 0.493 e. The van der Waals surface area contributed by atoms with Crippen molar-refractivity contribution in [3.05, 3.63) is 114 Å². The van der Waals surface area contributed by atoms with Crippen LogP contribution in [0.4, 0.5) is 0 Å². The number of fused-ring (bicyclic) bond motifs is 1. The van der Waals surface area contributed by atoms with Gasteiger partial charge in [-0.05, 0) is 53.1 Å². The maximum absolute atomic E-state index is 13.7. The summed E-state index contributed by atoms with van der Waals surface area (Å²) in [5.41, 5.74) is 3.37. The van der Waals surface area contributed by atoms with E-state index >= 15 is 0 Å². The lowest BCUT2D eigenvalue weighted by molar-refractivity contribution is 0.324. The van der Waals surface area contributed by atoms with E-state index in [4.69, 9.17) is 30.8 Å². The summed E-state index contributed by atoms with van der Waals surface area (Å²) in [4.78, 5) is 19.2. The van der Waals surface area contributed by atoms with Crippen molar-refractivity contribution < 1.29 is 14.2 Å². The molecule has 0 spiro atoms. The number of benzene rings is 3. The Hall–Kier alpha value is -3.81. The van der Waals surface area contributed by atoms with E-state index in [2.05, 4.69) is 0 Å². The second-order valence-corrected chi connectivity index (χ2v) is 9.50. The lowest BCUT2D eigenvalue weighted by atomic mass is 10.0. The molecule has 0 amide bonds. The van der Waals surface area contributed by atoms with Crippen molar-refractivity contribution in [3.63, 3.8) is 0 Å². The van der Waals surface area contributed by atoms with Gasteiger partial charge in [0, 0.05) is 5.02 Å². The third-order valence-corrected chi connectivity index (χ3v) is 7.15. The summed E-state index contributed by atoms with van der Waals surface area (Å²) in [5, 5.41) is 0.640. The molecule has 0 saturated heterocycles. The molecule has 1 aromatic heterocycles. The topological polar surface area (TPSA) is 62.1 Å². The van der Waals surface area contributed by atoms with Crippen LogP contribution >= 0.6 is 22.9 Å². The Labute approximate surface area is 217 Å². The molecule has 0 N–H and O–H groups in total. The van der Waals surface area contributed by atoms with Crippen molar-refractivity contribution in [1.82, 2.24) is 4.57 Å². The van der Waals surface area contributed by atoms with Gasteiger partial charge < -0.3 is 14.2 Å². The number of aromatic nitrogens is 1. The van der Waals surface area contributed by atoms with Crippen molar-refractivity contribution in [1.29, 1.82) is 0 Å². The maximum Gasteiger partial charge on any atom is 0.271 e. The monoisotopic (exact) mass is 518 g/mol. The molecule has 1 atom stereocenters. The van der Waals surface area contributed by atoms with Crippen LogP contribution in [-0.4, -0.2) is 25.9 Å². The second-order valence-electron chi connectivity index (χ2n) is 8.05. The Morgan fingerprint density at radius 1 is 0.944 bits per heavy atom. The van der Waals surface area contributed by atoms with Crippen LogP contribution in [-0.2, 0) is 0 Å². The summed E-state index contributed by atoms with van der Waals surface area (Å²) in [6, 6.07) is 20.8. The molecule has 0 aliphatic carbocycles. The highest BCUT2D eigenvalue weighted by Crippen LogP contribution is 2.38. The average Bonchev–Trinajstić information content (AvgIpc) is 3.23. The van der Waals surface area contributed by atoms with Crippen LogP contribution in [0.25, 0.3) is 11.8 Å². The van der Waals surface area contributed by atoms with Crippen LogP contribution in [0.3, 0.4) is 0 Å². The van der Waals surface area contributed by atoms with Crippen molar-refractivity contribution in [2.24, 2.45) is 4.99 Å². The number of nitrogens with zero attached hydrogens (tertiary/aromatic N) is 2. The van der Waals surface area contributed by atoms with E-state index in [1.807, 2.05) is 78.9 Å². The van der Waals surface area contributed by atoms with Crippen LogP contribution in [0.2, 0.25) is 5.02 Å².